The summed E-state index contributed by atoms with van der Waals surface area (Å²) >= 11 is 0. The van der Waals surface area contributed by atoms with Gasteiger partial charge in [-0.05, 0) is 42.5 Å². The van der Waals surface area contributed by atoms with E-state index in [0.29, 0.717) is 6.42 Å². The van der Waals surface area contributed by atoms with E-state index < -0.39 is 16.0 Å². The van der Waals surface area contributed by atoms with Crippen LogP contribution in [0.5, 0.6) is 0 Å². The number of ether oxygens (including phenoxy) is 1. The van der Waals surface area contributed by atoms with Gasteiger partial charge in [0.05, 0.1) is 12.0 Å². The van der Waals surface area contributed by atoms with Gasteiger partial charge in [0.1, 0.15) is 11.6 Å². The predicted octanol–water partition coefficient (Wildman–Crippen LogP) is 3.71. The van der Waals surface area contributed by atoms with Crippen LogP contribution in [-0.2, 0) is 19.6 Å². The molecule has 1 aliphatic rings. The van der Waals surface area contributed by atoms with Crippen LogP contribution < -0.4 is 0 Å². The minimum absolute atomic E-state index is 0.0820. The number of allylic oxidation sites excluding steroid dienone is 1. The second-order valence-electron chi connectivity index (χ2n) is 7.39. The van der Waals surface area contributed by atoms with Crippen LogP contribution >= 0.6 is 0 Å². The van der Waals surface area contributed by atoms with Crippen molar-refractivity contribution in [3.8, 4) is 6.07 Å². The van der Waals surface area contributed by atoms with Gasteiger partial charge in [-0.25, -0.2) is 13.2 Å². The third-order valence-electron chi connectivity index (χ3n) is 5.25. The summed E-state index contributed by atoms with van der Waals surface area (Å²) in [6, 6.07) is 18.3. The highest BCUT2D eigenvalue weighted by atomic mass is 32.2. The van der Waals surface area contributed by atoms with Crippen LogP contribution in [0.25, 0.3) is 6.08 Å². The van der Waals surface area contributed by atoms with Crippen LogP contribution in [0.3, 0.4) is 0 Å². The molecule has 0 aromatic heterocycles. The number of methoxy groups -OCH3 is 1. The number of nitrogens with zero attached hydrogens (tertiary/aromatic N) is 2. The third kappa shape index (κ3) is 5.29. The zero-order valence-corrected chi connectivity index (χ0v) is 18.3. The normalized spacial score (nSPS) is 18.7. The summed E-state index contributed by atoms with van der Waals surface area (Å²) in [5.41, 5.74) is 2.80. The maximum Gasteiger partial charge on any atom is 0.348 e. The highest BCUT2D eigenvalue weighted by Crippen LogP contribution is 2.32. The first kappa shape index (κ1) is 22.5. The van der Waals surface area contributed by atoms with Crippen LogP contribution in [0, 0.1) is 24.2 Å². The van der Waals surface area contributed by atoms with Gasteiger partial charge in [-0.1, -0.05) is 60.2 Å². The Bertz CT molecular complexity index is 1140. The average molecular weight is 437 g/mol. The Morgan fingerprint density at radius 2 is 1.87 bits per heavy atom. The first-order valence-corrected chi connectivity index (χ1v) is 11.3. The van der Waals surface area contributed by atoms with Gasteiger partial charge in [0.25, 0.3) is 0 Å². The molecule has 1 saturated heterocycles. The second-order valence-corrected chi connectivity index (χ2v) is 9.33. The summed E-state index contributed by atoms with van der Waals surface area (Å²) in [5, 5.41) is 9.21. The molecule has 1 unspecified atom stereocenters. The Morgan fingerprint density at radius 1 is 1.19 bits per heavy atom. The maximum atomic E-state index is 13.2. The standard InChI is InChI=1S/C24H24N2O4S/c1-18-8-12-23(13-9-18)31(28,29)26-16-21(11-10-20(15-25)24(27)30-2)22(17-26)14-19-6-4-3-5-7-19/h3-10,12-14,21H,11,16-17H2,1-2H3/b20-10+,22-14+. The molecule has 31 heavy (non-hydrogen) atoms. The lowest BCUT2D eigenvalue weighted by atomic mass is 9.96. The minimum Gasteiger partial charge on any atom is -0.465 e. The maximum absolute atomic E-state index is 13.2. The van der Waals surface area contributed by atoms with Gasteiger partial charge in [0.2, 0.25) is 10.0 Å². The molecule has 0 radical (unpaired) electrons. The molecular weight excluding hydrogens is 412 g/mol. The van der Waals surface area contributed by atoms with Gasteiger partial charge in [0.15, 0.2) is 0 Å². The molecule has 0 bridgehead atoms. The second kappa shape index (κ2) is 9.73. The molecule has 1 heterocycles. The number of carbonyl (C=O) groups is 1. The predicted molar refractivity (Wildman–Crippen MR) is 118 cm³/mol. The van der Waals surface area contributed by atoms with Crippen molar-refractivity contribution < 1.29 is 17.9 Å². The van der Waals surface area contributed by atoms with Gasteiger partial charge >= 0.3 is 5.97 Å². The fourth-order valence-corrected chi connectivity index (χ4v) is 4.97. The molecule has 6 nitrogen and oxygen atoms in total. The lowest BCUT2D eigenvalue weighted by Gasteiger charge is -2.16. The zero-order chi connectivity index (χ0) is 22.4. The van der Waals surface area contributed by atoms with Crippen molar-refractivity contribution >= 4 is 22.1 Å². The fraction of sp³-hybridized carbons (Fsp3) is 0.250. The Balaban J connectivity index is 1.93. The molecule has 160 valence electrons. The number of esters is 1. The van der Waals surface area contributed by atoms with E-state index in [1.807, 2.05) is 49.4 Å². The van der Waals surface area contributed by atoms with Gasteiger partial charge in [0, 0.05) is 13.1 Å². The lowest BCUT2D eigenvalue weighted by Crippen LogP contribution is -2.28. The first-order chi connectivity index (χ1) is 14.8. The van der Waals surface area contributed by atoms with E-state index in [1.54, 1.807) is 24.3 Å². The van der Waals surface area contributed by atoms with Crippen LogP contribution in [0.2, 0.25) is 0 Å². The van der Waals surface area contributed by atoms with E-state index in [0.717, 1.165) is 16.7 Å². The van der Waals surface area contributed by atoms with E-state index in [-0.39, 0.29) is 29.5 Å². The van der Waals surface area contributed by atoms with E-state index in [2.05, 4.69) is 4.74 Å². The van der Waals surface area contributed by atoms with Crippen LogP contribution in [0.1, 0.15) is 17.5 Å². The number of nitriles is 1. The van der Waals surface area contributed by atoms with Gasteiger partial charge in [-0.3, -0.25) is 0 Å². The largest absolute Gasteiger partial charge is 0.465 e. The van der Waals surface area contributed by atoms with Crippen molar-refractivity contribution in [1.29, 1.82) is 5.26 Å². The molecule has 0 amide bonds. The van der Waals surface area contributed by atoms with Crippen molar-refractivity contribution in [2.75, 3.05) is 20.2 Å². The summed E-state index contributed by atoms with van der Waals surface area (Å²) in [6.07, 6.45) is 3.86. The van der Waals surface area contributed by atoms with Crippen molar-refractivity contribution in [3.63, 3.8) is 0 Å². The molecule has 0 spiro atoms. The Morgan fingerprint density at radius 3 is 2.48 bits per heavy atom. The molecule has 0 saturated carbocycles. The smallest absolute Gasteiger partial charge is 0.348 e. The number of benzene rings is 2. The molecule has 2 aromatic carbocycles. The third-order valence-corrected chi connectivity index (χ3v) is 7.08. The van der Waals surface area contributed by atoms with E-state index >= 15 is 0 Å². The molecule has 1 atom stereocenters. The molecule has 0 N–H and O–H groups in total. The average Bonchev–Trinajstić information content (AvgIpc) is 3.18. The molecule has 7 heteroatoms. The number of rotatable bonds is 6. The van der Waals surface area contributed by atoms with Crippen molar-refractivity contribution in [1.82, 2.24) is 4.31 Å². The number of hydrogen-bond acceptors (Lipinski definition) is 5. The Kier molecular flexibility index (Phi) is 7.06. The highest BCUT2D eigenvalue weighted by Gasteiger charge is 2.35. The van der Waals surface area contributed by atoms with Crippen LogP contribution in [0.15, 0.2) is 76.7 Å². The molecular formula is C24H24N2O4S. The van der Waals surface area contributed by atoms with Gasteiger partial charge in [-0.2, -0.15) is 9.57 Å². The molecule has 3 rings (SSSR count). The lowest BCUT2D eigenvalue weighted by molar-refractivity contribution is -0.135. The van der Waals surface area contributed by atoms with E-state index in [9.17, 15) is 18.5 Å². The number of hydrogen-bond donors (Lipinski definition) is 0. The van der Waals surface area contributed by atoms with Crippen molar-refractivity contribution in [3.05, 3.63) is 82.9 Å². The summed E-state index contributed by atoms with van der Waals surface area (Å²) in [7, 11) is -2.44. The van der Waals surface area contributed by atoms with Crippen LogP contribution in [0.4, 0.5) is 0 Å². The van der Waals surface area contributed by atoms with Crippen molar-refractivity contribution in [2.45, 2.75) is 18.2 Å². The number of carbonyl (C=O) groups excluding carboxylic acids is 1. The summed E-state index contributed by atoms with van der Waals surface area (Å²) < 4.78 is 32.5. The van der Waals surface area contributed by atoms with Crippen LogP contribution in [-0.4, -0.2) is 38.9 Å². The summed E-state index contributed by atoms with van der Waals surface area (Å²) in [5.74, 6) is -0.855. The first-order valence-electron chi connectivity index (χ1n) is 9.86. The Hall–Kier alpha value is -3.21. The van der Waals surface area contributed by atoms with Gasteiger partial charge < -0.3 is 4.74 Å². The molecule has 1 fully saturated rings. The zero-order valence-electron chi connectivity index (χ0n) is 17.5. The SMILES string of the molecule is COC(=O)/C(C#N)=C/CC1CN(S(=O)(=O)c2ccc(C)cc2)C/C1=C\c1ccccc1. The molecule has 0 aliphatic carbocycles. The topological polar surface area (TPSA) is 87.5 Å². The molecule has 1 aliphatic heterocycles. The fourth-order valence-electron chi connectivity index (χ4n) is 3.50. The minimum atomic E-state index is -3.66. The molecule has 2 aromatic rings. The summed E-state index contributed by atoms with van der Waals surface area (Å²) in [6.45, 7) is 2.43. The summed E-state index contributed by atoms with van der Waals surface area (Å²) in [4.78, 5) is 12.0. The number of sulfonamides is 1. The van der Waals surface area contributed by atoms with E-state index in [1.165, 1.54) is 17.5 Å². The van der Waals surface area contributed by atoms with Crippen molar-refractivity contribution in [2.24, 2.45) is 5.92 Å². The van der Waals surface area contributed by atoms with E-state index in [4.69, 9.17) is 0 Å². The number of aryl methyl sites for hydroxylation is 1. The quantitative estimate of drug-likeness (QED) is 0.391. The Labute approximate surface area is 183 Å². The highest BCUT2D eigenvalue weighted by molar-refractivity contribution is 7.89. The monoisotopic (exact) mass is 436 g/mol. The van der Waals surface area contributed by atoms with Gasteiger partial charge in [-0.15, -0.1) is 0 Å².